The first kappa shape index (κ1) is 14.7. The first-order valence-electron chi connectivity index (χ1n) is 8.07. The van der Waals surface area contributed by atoms with Crippen LogP contribution in [-0.2, 0) is 12.8 Å². The fourth-order valence-corrected chi connectivity index (χ4v) is 3.13. The van der Waals surface area contributed by atoms with Gasteiger partial charge in [-0.05, 0) is 67.1 Å². The summed E-state index contributed by atoms with van der Waals surface area (Å²) in [5.74, 6) is -0.0411. The molecule has 0 saturated carbocycles. The molecule has 4 heteroatoms. The summed E-state index contributed by atoms with van der Waals surface area (Å²) >= 11 is 0. The number of benzene rings is 2. The van der Waals surface area contributed by atoms with Crippen LogP contribution in [0.2, 0.25) is 0 Å². The zero-order valence-electron chi connectivity index (χ0n) is 13.1. The van der Waals surface area contributed by atoms with Crippen LogP contribution in [-0.4, -0.2) is 5.97 Å². The Morgan fingerprint density at radius 1 is 0.917 bits per heavy atom. The number of carbonyl (C=O) groups is 1. The normalized spacial score (nSPS) is 13.5. The van der Waals surface area contributed by atoms with Crippen LogP contribution in [0.5, 0.6) is 5.75 Å². The molecule has 0 saturated heterocycles. The minimum absolute atomic E-state index is 0.361. The molecule has 0 amide bonds. The van der Waals surface area contributed by atoms with Crippen molar-refractivity contribution in [1.29, 1.82) is 0 Å². The smallest absolute Gasteiger partial charge is 0.343 e. The quantitative estimate of drug-likeness (QED) is 0.408. The summed E-state index contributed by atoms with van der Waals surface area (Å²) in [5, 5.41) is 0.781. The summed E-state index contributed by atoms with van der Waals surface area (Å²) in [6, 6.07) is 13.8. The van der Waals surface area contributed by atoms with Crippen molar-refractivity contribution in [1.82, 2.24) is 0 Å². The number of hydrogen-bond donors (Lipinski definition) is 0. The molecular weight excluding hydrogens is 304 g/mol. The molecule has 0 atom stereocenters. The predicted octanol–water partition coefficient (Wildman–Crippen LogP) is 3.89. The Hall–Kier alpha value is -2.88. The lowest BCUT2D eigenvalue weighted by atomic mass is 9.90. The van der Waals surface area contributed by atoms with Crippen LogP contribution in [0.15, 0.2) is 57.7 Å². The molecule has 3 aromatic rings. The zero-order chi connectivity index (χ0) is 16.5. The highest BCUT2D eigenvalue weighted by atomic mass is 16.5. The summed E-state index contributed by atoms with van der Waals surface area (Å²) in [6.45, 7) is 0. The molecule has 0 radical (unpaired) electrons. The van der Waals surface area contributed by atoms with Crippen molar-refractivity contribution >= 4 is 16.9 Å². The summed E-state index contributed by atoms with van der Waals surface area (Å²) in [5.41, 5.74) is 3.08. The molecule has 1 aromatic heterocycles. The molecule has 0 fully saturated rings. The molecule has 1 aliphatic rings. The van der Waals surface area contributed by atoms with Crippen LogP contribution in [0, 0.1) is 0 Å². The summed E-state index contributed by atoms with van der Waals surface area (Å²) in [6.07, 6.45) is 4.46. The van der Waals surface area contributed by atoms with E-state index in [2.05, 4.69) is 0 Å². The fraction of sp³-hybridized carbons (Fsp3) is 0.200. The van der Waals surface area contributed by atoms with Gasteiger partial charge < -0.3 is 9.15 Å². The van der Waals surface area contributed by atoms with Crippen LogP contribution in [0.3, 0.4) is 0 Å². The van der Waals surface area contributed by atoms with Crippen molar-refractivity contribution in [3.05, 3.63) is 75.6 Å². The maximum absolute atomic E-state index is 12.4. The van der Waals surface area contributed by atoms with Gasteiger partial charge in [-0.25, -0.2) is 9.59 Å². The minimum atomic E-state index is -0.430. The van der Waals surface area contributed by atoms with Gasteiger partial charge in [-0.2, -0.15) is 0 Å². The number of fused-ring (bicyclic) bond motifs is 2. The molecule has 0 N–H and O–H groups in total. The molecule has 1 aliphatic carbocycles. The first-order chi connectivity index (χ1) is 11.7. The highest BCUT2D eigenvalue weighted by molar-refractivity contribution is 5.92. The van der Waals surface area contributed by atoms with Crippen LogP contribution >= 0.6 is 0 Å². The SMILES string of the molecule is O=C(Oc1ccc2ccc(=O)oc2c1)c1ccc2c(c1)CCCC2. The van der Waals surface area contributed by atoms with Crippen molar-refractivity contribution in [2.24, 2.45) is 0 Å². The van der Waals surface area contributed by atoms with E-state index in [-0.39, 0.29) is 0 Å². The van der Waals surface area contributed by atoms with Gasteiger partial charge in [0.2, 0.25) is 0 Å². The Labute approximate surface area is 138 Å². The van der Waals surface area contributed by atoms with Crippen LogP contribution in [0.1, 0.15) is 34.3 Å². The zero-order valence-corrected chi connectivity index (χ0v) is 13.1. The second kappa shape index (κ2) is 5.96. The summed E-state index contributed by atoms with van der Waals surface area (Å²) in [4.78, 5) is 23.7. The van der Waals surface area contributed by atoms with Crippen LogP contribution < -0.4 is 10.4 Å². The van der Waals surface area contributed by atoms with Gasteiger partial charge in [0.15, 0.2) is 0 Å². The van der Waals surface area contributed by atoms with Gasteiger partial charge in [0.25, 0.3) is 0 Å². The van der Waals surface area contributed by atoms with Gasteiger partial charge in [0.05, 0.1) is 5.56 Å². The molecule has 0 unspecified atom stereocenters. The van der Waals surface area contributed by atoms with E-state index in [4.69, 9.17) is 9.15 Å². The predicted molar refractivity (Wildman–Crippen MR) is 90.5 cm³/mol. The standard InChI is InChI=1S/C20H16O4/c21-19-10-8-14-7-9-17(12-18(14)24-19)23-20(22)16-6-5-13-3-1-2-4-15(13)11-16/h5-12H,1-4H2. The largest absolute Gasteiger partial charge is 0.423 e. The molecule has 0 bridgehead atoms. The lowest BCUT2D eigenvalue weighted by molar-refractivity contribution is 0.0735. The number of hydrogen-bond acceptors (Lipinski definition) is 4. The van der Waals surface area contributed by atoms with E-state index in [0.717, 1.165) is 24.6 Å². The number of rotatable bonds is 2. The highest BCUT2D eigenvalue weighted by Crippen LogP contribution is 2.24. The Bertz CT molecular complexity index is 984. The van der Waals surface area contributed by atoms with E-state index in [1.165, 1.54) is 23.6 Å². The Balaban J connectivity index is 1.60. The fourth-order valence-electron chi connectivity index (χ4n) is 3.13. The molecule has 24 heavy (non-hydrogen) atoms. The van der Waals surface area contributed by atoms with Crippen LogP contribution in [0.25, 0.3) is 11.0 Å². The lowest BCUT2D eigenvalue weighted by Gasteiger charge is -2.16. The molecular formula is C20H16O4. The van der Waals surface area contributed by atoms with Crippen molar-refractivity contribution in [3.63, 3.8) is 0 Å². The Kier molecular flexibility index (Phi) is 3.65. The van der Waals surface area contributed by atoms with E-state index >= 15 is 0 Å². The van der Waals surface area contributed by atoms with E-state index in [0.29, 0.717) is 16.9 Å². The van der Waals surface area contributed by atoms with Gasteiger partial charge in [-0.15, -0.1) is 0 Å². The van der Waals surface area contributed by atoms with E-state index in [1.807, 2.05) is 18.2 Å². The molecule has 1 heterocycles. The van der Waals surface area contributed by atoms with Crippen molar-refractivity contribution < 1.29 is 13.9 Å². The molecule has 0 spiro atoms. The monoisotopic (exact) mass is 320 g/mol. The third kappa shape index (κ3) is 2.83. The highest BCUT2D eigenvalue weighted by Gasteiger charge is 2.14. The van der Waals surface area contributed by atoms with E-state index < -0.39 is 11.6 Å². The van der Waals surface area contributed by atoms with Crippen molar-refractivity contribution in [2.75, 3.05) is 0 Å². The first-order valence-corrected chi connectivity index (χ1v) is 8.07. The molecule has 4 rings (SSSR count). The van der Waals surface area contributed by atoms with Crippen molar-refractivity contribution in [2.45, 2.75) is 25.7 Å². The number of aryl methyl sites for hydroxylation is 2. The number of carbonyl (C=O) groups excluding carboxylic acids is 1. The second-order valence-corrected chi connectivity index (χ2v) is 6.03. The third-order valence-electron chi connectivity index (χ3n) is 4.39. The lowest BCUT2D eigenvalue weighted by Crippen LogP contribution is -2.11. The van der Waals surface area contributed by atoms with Crippen molar-refractivity contribution in [3.8, 4) is 5.75 Å². The average molecular weight is 320 g/mol. The third-order valence-corrected chi connectivity index (χ3v) is 4.39. The minimum Gasteiger partial charge on any atom is -0.423 e. The Morgan fingerprint density at radius 2 is 1.71 bits per heavy atom. The van der Waals surface area contributed by atoms with Gasteiger partial charge in [0, 0.05) is 17.5 Å². The molecule has 0 aliphatic heterocycles. The Morgan fingerprint density at radius 3 is 2.58 bits per heavy atom. The number of ether oxygens (including phenoxy) is 1. The summed E-state index contributed by atoms with van der Waals surface area (Å²) < 4.78 is 10.6. The van der Waals surface area contributed by atoms with Gasteiger partial charge in [-0.1, -0.05) is 6.07 Å². The van der Waals surface area contributed by atoms with Gasteiger partial charge in [-0.3, -0.25) is 0 Å². The van der Waals surface area contributed by atoms with Crippen LogP contribution in [0.4, 0.5) is 0 Å². The molecule has 2 aromatic carbocycles. The maximum Gasteiger partial charge on any atom is 0.343 e. The van der Waals surface area contributed by atoms with Gasteiger partial charge in [0.1, 0.15) is 11.3 Å². The summed E-state index contributed by atoms with van der Waals surface area (Å²) in [7, 11) is 0. The molecule has 120 valence electrons. The van der Waals surface area contributed by atoms with Gasteiger partial charge >= 0.3 is 11.6 Å². The molecule has 4 nitrogen and oxygen atoms in total. The maximum atomic E-state index is 12.4. The van der Waals surface area contributed by atoms with E-state index in [9.17, 15) is 9.59 Å². The second-order valence-electron chi connectivity index (χ2n) is 6.03. The average Bonchev–Trinajstić information content (AvgIpc) is 2.61. The number of esters is 1. The van der Waals surface area contributed by atoms with E-state index in [1.54, 1.807) is 24.3 Å². The topological polar surface area (TPSA) is 56.5 Å².